The second kappa shape index (κ2) is 10.8. The second-order valence-corrected chi connectivity index (χ2v) is 11.5. The first-order valence-corrected chi connectivity index (χ1v) is 12.9. The Morgan fingerprint density at radius 2 is 0.786 bits per heavy atom. The largest absolute Gasteiger partial charge is 0.544 e. The van der Waals surface area contributed by atoms with Gasteiger partial charge in [0.1, 0.15) is 0 Å². The molecule has 0 heterocycles. The molecule has 139 valence electrons. The first-order chi connectivity index (χ1) is 13.6. The third kappa shape index (κ3) is 6.21. The van der Waals surface area contributed by atoms with Crippen LogP contribution in [0.4, 0.5) is 0 Å². The van der Waals surface area contributed by atoms with Crippen LogP contribution in [0.3, 0.4) is 0 Å². The molecule has 7 heteroatoms. The van der Waals surface area contributed by atoms with Crippen molar-refractivity contribution in [2.45, 2.75) is 20.8 Å². The molecular formula is C21H21O3Si4. The highest BCUT2D eigenvalue weighted by Crippen LogP contribution is 1.99. The second-order valence-electron chi connectivity index (χ2n) is 6.31. The van der Waals surface area contributed by atoms with Gasteiger partial charge in [0.25, 0.3) is 29.3 Å². The summed E-state index contributed by atoms with van der Waals surface area (Å²) >= 11 is 0. The highest BCUT2D eigenvalue weighted by Gasteiger charge is 2.22. The highest BCUT2D eigenvalue weighted by atomic mass is 28.4. The van der Waals surface area contributed by atoms with E-state index < -0.39 is 9.53 Å². The van der Waals surface area contributed by atoms with E-state index in [2.05, 4.69) is 57.2 Å². The Kier molecular flexibility index (Phi) is 8.16. The average molecular weight is 434 g/mol. The summed E-state index contributed by atoms with van der Waals surface area (Å²) < 4.78 is 18.4. The minimum absolute atomic E-state index is 0.217. The zero-order valence-electron chi connectivity index (χ0n) is 16.2. The summed E-state index contributed by atoms with van der Waals surface area (Å²) in [5.74, 6) is 0. The summed E-state index contributed by atoms with van der Waals surface area (Å²) in [5.41, 5.74) is 3.68. The van der Waals surface area contributed by atoms with Crippen LogP contribution in [0.5, 0.6) is 0 Å². The average Bonchev–Trinajstić information content (AvgIpc) is 2.71. The van der Waals surface area contributed by atoms with Gasteiger partial charge < -0.3 is 12.3 Å². The van der Waals surface area contributed by atoms with E-state index in [1.807, 2.05) is 36.4 Å². The lowest BCUT2D eigenvalue weighted by Crippen LogP contribution is -2.40. The van der Waals surface area contributed by atoms with Gasteiger partial charge in [-0.25, -0.2) is 0 Å². The molecule has 0 bridgehead atoms. The summed E-state index contributed by atoms with van der Waals surface area (Å²) in [6, 6.07) is 24.8. The van der Waals surface area contributed by atoms with Crippen LogP contribution in [0.15, 0.2) is 72.8 Å². The van der Waals surface area contributed by atoms with E-state index in [1.54, 1.807) is 0 Å². The normalized spacial score (nSPS) is 11.1. The molecule has 3 rings (SSSR count). The molecule has 0 fully saturated rings. The summed E-state index contributed by atoms with van der Waals surface area (Å²) in [6.45, 7) is 6.30. The van der Waals surface area contributed by atoms with Crippen LogP contribution in [0.1, 0.15) is 16.7 Å². The maximum atomic E-state index is 6.13. The van der Waals surface area contributed by atoms with Crippen molar-refractivity contribution in [2.24, 2.45) is 0 Å². The third-order valence-electron chi connectivity index (χ3n) is 4.17. The highest BCUT2D eigenvalue weighted by molar-refractivity contribution is 6.67. The lowest BCUT2D eigenvalue weighted by Gasteiger charge is -2.16. The molecule has 0 saturated heterocycles. The number of hydrogen-bond donors (Lipinski definition) is 0. The van der Waals surface area contributed by atoms with Gasteiger partial charge in [0.2, 0.25) is 0 Å². The molecule has 0 saturated carbocycles. The molecule has 7 radical (unpaired) electrons. The molecule has 0 aliphatic rings. The zero-order chi connectivity index (χ0) is 19.8. The van der Waals surface area contributed by atoms with Crippen LogP contribution in [0.25, 0.3) is 0 Å². The van der Waals surface area contributed by atoms with Gasteiger partial charge in [0.15, 0.2) is 0 Å². The van der Waals surface area contributed by atoms with E-state index >= 15 is 0 Å². The minimum atomic E-state index is -1.85. The maximum Gasteiger partial charge on any atom is 0.544 e. The lowest BCUT2D eigenvalue weighted by atomic mass is 10.2. The Labute approximate surface area is 176 Å². The standard InChI is InChI=1S/C21H21O3Si4/c1-16-10-4-7-13-19(16)25-22-28(23-26-20-14-8-5-11-17(20)2)24-27-21-15-9-6-12-18(21)3/h4-15H,1-3H3. The van der Waals surface area contributed by atoms with Crippen molar-refractivity contribution in [3.05, 3.63) is 89.5 Å². The van der Waals surface area contributed by atoms with Crippen LogP contribution in [0, 0.1) is 20.8 Å². The monoisotopic (exact) mass is 433 g/mol. The van der Waals surface area contributed by atoms with Gasteiger partial charge >= 0.3 is 9.53 Å². The summed E-state index contributed by atoms with van der Waals surface area (Å²) in [6.07, 6.45) is 0. The molecule has 3 aromatic rings. The Morgan fingerprint density at radius 3 is 1.07 bits per heavy atom. The predicted molar refractivity (Wildman–Crippen MR) is 119 cm³/mol. The topological polar surface area (TPSA) is 27.7 Å². The molecule has 3 aromatic carbocycles. The maximum absolute atomic E-state index is 6.13. The lowest BCUT2D eigenvalue weighted by molar-refractivity contribution is 0.337. The zero-order valence-corrected chi connectivity index (χ0v) is 20.2. The van der Waals surface area contributed by atoms with Gasteiger partial charge in [-0.1, -0.05) is 72.8 Å². The quantitative estimate of drug-likeness (QED) is 0.482. The molecule has 28 heavy (non-hydrogen) atoms. The molecule has 0 aliphatic carbocycles. The van der Waals surface area contributed by atoms with Gasteiger partial charge in [0.05, 0.1) is 0 Å². The summed E-state index contributed by atoms with van der Waals surface area (Å²) in [5, 5.41) is 3.57. The Balaban J connectivity index is 1.65. The van der Waals surface area contributed by atoms with Gasteiger partial charge in [-0.15, -0.1) is 0 Å². The molecule has 3 nitrogen and oxygen atoms in total. The smallest absolute Gasteiger partial charge is 0.409 e. The van der Waals surface area contributed by atoms with Crippen LogP contribution < -0.4 is 15.6 Å². The van der Waals surface area contributed by atoms with E-state index in [1.165, 1.54) is 32.3 Å². The van der Waals surface area contributed by atoms with Crippen molar-refractivity contribution in [3.8, 4) is 0 Å². The molecule has 0 spiro atoms. The number of benzene rings is 3. The van der Waals surface area contributed by atoms with E-state index in [-0.39, 0.29) is 29.3 Å². The van der Waals surface area contributed by atoms with Gasteiger partial charge in [0, 0.05) is 0 Å². The van der Waals surface area contributed by atoms with Crippen molar-refractivity contribution in [1.29, 1.82) is 0 Å². The minimum Gasteiger partial charge on any atom is -0.409 e. The van der Waals surface area contributed by atoms with Crippen LogP contribution >= 0.6 is 0 Å². The number of hydrogen-bond acceptors (Lipinski definition) is 3. The van der Waals surface area contributed by atoms with Crippen molar-refractivity contribution in [3.63, 3.8) is 0 Å². The van der Waals surface area contributed by atoms with Crippen molar-refractivity contribution in [2.75, 3.05) is 0 Å². The molecular weight excluding hydrogens is 413 g/mol. The van der Waals surface area contributed by atoms with Crippen molar-refractivity contribution in [1.82, 2.24) is 0 Å². The number of aryl methyl sites for hydroxylation is 3. The summed E-state index contributed by atoms with van der Waals surface area (Å²) in [7, 11) is -1.20. The predicted octanol–water partition coefficient (Wildman–Crippen LogP) is 1.78. The number of rotatable bonds is 9. The van der Waals surface area contributed by atoms with Crippen LogP contribution in [-0.4, -0.2) is 38.8 Å². The van der Waals surface area contributed by atoms with Gasteiger partial charge in [-0.2, -0.15) is 0 Å². The fourth-order valence-corrected chi connectivity index (χ4v) is 7.58. The fourth-order valence-electron chi connectivity index (χ4n) is 2.41. The first-order valence-electron chi connectivity index (χ1n) is 8.96. The summed E-state index contributed by atoms with van der Waals surface area (Å²) in [4.78, 5) is 0. The van der Waals surface area contributed by atoms with E-state index in [0.717, 1.165) is 0 Å². The van der Waals surface area contributed by atoms with E-state index in [0.29, 0.717) is 0 Å². The molecule has 0 aliphatic heterocycles. The fraction of sp³-hybridized carbons (Fsp3) is 0.143. The molecule has 0 N–H and O–H groups in total. The molecule has 0 aromatic heterocycles. The SMILES string of the molecule is Cc1ccccc1[Si]O[Si](O[Si]c1ccccc1C)O[Si]c1ccccc1C. The van der Waals surface area contributed by atoms with Gasteiger partial charge in [-0.05, 0) is 53.0 Å². The van der Waals surface area contributed by atoms with E-state index in [9.17, 15) is 0 Å². The van der Waals surface area contributed by atoms with E-state index in [4.69, 9.17) is 12.3 Å². The molecule has 0 atom stereocenters. The Hall–Kier alpha value is -1.59. The van der Waals surface area contributed by atoms with Crippen LogP contribution in [0.2, 0.25) is 0 Å². The van der Waals surface area contributed by atoms with Crippen LogP contribution in [-0.2, 0) is 12.3 Å². The van der Waals surface area contributed by atoms with Crippen molar-refractivity contribution < 1.29 is 12.3 Å². The van der Waals surface area contributed by atoms with Crippen molar-refractivity contribution >= 4 is 54.4 Å². The molecule has 0 unspecified atom stereocenters. The Bertz CT molecular complexity index is 786. The third-order valence-corrected chi connectivity index (χ3v) is 9.74. The van der Waals surface area contributed by atoms with Gasteiger partial charge in [-0.3, -0.25) is 0 Å². The molecule has 0 amide bonds. The Morgan fingerprint density at radius 1 is 0.500 bits per heavy atom. The first kappa shape index (κ1) is 21.1.